The lowest BCUT2D eigenvalue weighted by Gasteiger charge is -2.08. The first-order valence-electron chi connectivity index (χ1n) is 7.51. The molecule has 1 amide bonds. The fourth-order valence-corrected chi connectivity index (χ4v) is 2.50. The van der Waals surface area contributed by atoms with Crippen molar-refractivity contribution in [2.45, 2.75) is 19.4 Å². The molecule has 0 spiro atoms. The molecule has 7 heteroatoms. The maximum Gasteiger partial charge on any atom is 0.269 e. The number of aryl methyl sites for hydroxylation is 1. The largest absolute Gasteiger partial charge is 0.454 e. The molecule has 1 heterocycles. The molecule has 1 N–H and O–H groups in total. The number of para-hydroxylation sites is 1. The van der Waals surface area contributed by atoms with Crippen LogP contribution in [0.2, 0.25) is 0 Å². The molecule has 24 heavy (non-hydrogen) atoms. The minimum absolute atomic E-state index is 0.0323. The first kappa shape index (κ1) is 15.8. The van der Waals surface area contributed by atoms with Gasteiger partial charge < -0.3 is 14.8 Å². The number of carbonyl (C=O) groups excluding carboxylic acids is 1. The van der Waals surface area contributed by atoms with Crippen LogP contribution in [0.3, 0.4) is 0 Å². The van der Waals surface area contributed by atoms with Crippen molar-refractivity contribution in [1.82, 2.24) is 5.32 Å². The summed E-state index contributed by atoms with van der Waals surface area (Å²) < 4.78 is 10.7. The van der Waals surface area contributed by atoms with Crippen LogP contribution in [-0.2, 0) is 17.8 Å². The van der Waals surface area contributed by atoms with Gasteiger partial charge in [-0.3, -0.25) is 14.9 Å². The summed E-state index contributed by atoms with van der Waals surface area (Å²) in [7, 11) is 0. The van der Waals surface area contributed by atoms with Gasteiger partial charge in [0, 0.05) is 30.7 Å². The number of nitro groups is 1. The Balaban J connectivity index is 1.52. The van der Waals surface area contributed by atoms with Crippen LogP contribution >= 0.6 is 0 Å². The molecule has 0 saturated heterocycles. The van der Waals surface area contributed by atoms with Gasteiger partial charge in [-0.05, 0) is 18.1 Å². The molecule has 1 aliphatic heterocycles. The van der Waals surface area contributed by atoms with E-state index in [4.69, 9.17) is 9.47 Å². The van der Waals surface area contributed by atoms with Crippen molar-refractivity contribution in [2.24, 2.45) is 0 Å². The van der Waals surface area contributed by atoms with E-state index < -0.39 is 4.92 Å². The van der Waals surface area contributed by atoms with Crippen molar-refractivity contribution in [3.05, 3.63) is 63.7 Å². The SMILES string of the molecule is O=C(CCc1cccc([N+](=O)[O-])c1)NCc1cccc2c1OCO2. The number of nitro benzene ring substituents is 1. The second kappa shape index (κ2) is 6.99. The number of ether oxygens (including phenoxy) is 2. The van der Waals surface area contributed by atoms with E-state index in [0.717, 1.165) is 11.1 Å². The summed E-state index contributed by atoms with van der Waals surface area (Å²) in [6.07, 6.45) is 0.702. The lowest BCUT2D eigenvalue weighted by molar-refractivity contribution is -0.384. The number of amides is 1. The number of rotatable bonds is 6. The molecule has 1 aliphatic rings. The van der Waals surface area contributed by atoms with Gasteiger partial charge in [0.05, 0.1) is 4.92 Å². The van der Waals surface area contributed by atoms with Gasteiger partial charge >= 0.3 is 0 Å². The van der Waals surface area contributed by atoms with Crippen LogP contribution in [0.15, 0.2) is 42.5 Å². The van der Waals surface area contributed by atoms with E-state index in [2.05, 4.69) is 5.32 Å². The predicted octanol–water partition coefficient (Wildman–Crippen LogP) is 2.57. The molecule has 0 atom stereocenters. The number of non-ortho nitro benzene ring substituents is 1. The monoisotopic (exact) mass is 328 g/mol. The topological polar surface area (TPSA) is 90.7 Å². The summed E-state index contributed by atoms with van der Waals surface area (Å²) in [5.41, 5.74) is 1.65. The van der Waals surface area contributed by atoms with Crippen LogP contribution in [0.5, 0.6) is 11.5 Å². The molecular weight excluding hydrogens is 312 g/mol. The summed E-state index contributed by atoms with van der Waals surface area (Å²) in [5.74, 6) is 1.22. The minimum Gasteiger partial charge on any atom is -0.454 e. The van der Waals surface area contributed by atoms with E-state index in [-0.39, 0.29) is 24.8 Å². The molecule has 0 radical (unpaired) electrons. The Kier molecular flexibility index (Phi) is 4.60. The van der Waals surface area contributed by atoms with Crippen LogP contribution in [-0.4, -0.2) is 17.6 Å². The summed E-state index contributed by atoms with van der Waals surface area (Å²) >= 11 is 0. The van der Waals surface area contributed by atoms with Gasteiger partial charge in [-0.1, -0.05) is 24.3 Å². The highest BCUT2D eigenvalue weighted by atomic mass is 16.7. The number of benzene rings is 2. The summed E-state index contributed by atoms with van der Waals surface area (Å²) in [5, 5.41) is 13.6. The Hall–Kier alpha value is -3.09. The Morgan fingerprint density at radius 3 is 2.88 bits per heavy atom. The minimum atomic E-state index is -0.443. The maximum atomic E-state index is 12.0. The van der Waals surface area contributed by atoms with Crippen molar-refractivity contribution in [3.8, 4) is 11.5 Å². The fourth-order valence-electron chi connectivity index (χ4n) is 2.50. The standard InChI is InChI=1S/C17H16N2O5/c20-16(8-7-12-3-1-5-14(9-12)19(21)22)18-10-13-4-2-6-15-17(13)24-11-23-15/h1-6,9H,7-8,10-11H2,(H,18,20). The Labute approximate surface area is 138 Å². The third-order valence-corrected chi connectivity index (χ3v) is 3.72. The van der Waals surface area contributed by atoms with Crippen LogP contribution in [0.25, 0.3) is 0 Å². The molecule has 0 unspecified atom stereocenters. The van der Waals surface area contributed by atoms with Crippen LogP contribution < -0.4 is 14.8 Å². The normalized spacial score (nSPS) is 12.0. The molecule has 3 rings (SSSR count). The third kappa shape index (κ3) is 3.62. The van der Waals surface area contributed by atoms with Gasteiger partial charge in [0.2, 0.25) is 12.7 Å². The van der Waals surface area contributed by atoms with Crippen molar-refractivity contribution in [1.29, 1.82) is 0 Å². The van der Waals surface area contributed by atoms with Gasteiger partial charge in [-0.15, -0.1) is 0 Å². The molecule has 0 aromatic heterocycles. The maximum absolute atomic E-state index is 12.0. The molecule has 0 aliphatic carbocycles. The Morgan fingerprint density at radius 1 is 1.21 bits per heavy atom. The van der Waals surface area contributed by atoms with E-state index in [9.17, 15) is 14.9 Å². The summed E-state index contributed by atoms with van der Waals surface area (Å²) in [6, 6.07) is 11.8. The summed E-state index contributed by atoms with van der Waals surface area (Å²) in [4.78, 5) is 22.3. The van der Waals surface area contributed by atoms with E-state index >= 15 is 0 Å². The summed E-state index contributed by atoms with van der Waals surface area (Å²) in [6.45, 7) is 0.535. The molecule has 0 fully saturated rings. The zero-order chi connectivity index (χ0) is 16.9. The van der Waals surface area contributed by atoms with E-state index in [1.54, 1.807) is 12.1 Å². The highest BCUT2D eigenvalue weighted by Gasteiger charge is 2.17. The second-order valence-corrected chi connectivity index (χ2v) is 5.35. The van der Waals surface area contributed by atoms with Crippen molar-refractivity contribution < 1.29 is 19.2 Å². The number of nitrogens with one attached hydrogen (secondary N) is 1. The third-order valence-electron chi connectivity index (χ3n) is 3.72. The smallest absolute Gasteiger partial charge is 0.269 e. The predicted molar refractivity (Wildman–Crippen MR) is 85.8 cm³/mol. The average molecular weight is 328 g/mol. The van der Waals surface area contributed by atoms with Crippen molar-refractivity contribution >= 4 is 11.6 Å². The quantitative estimate of drug-likeness (QED) is 0.650. The fraction of sp³-hybridized carbons (Fsp3) is 0.235. The molecular formula is C17H16N2O5. The van der Waals surface area contributed by atoms with Crippen molar-refractivity contribution in [2.75, 3.05) is 6.79 Å². The number of nitrogens with zero attached hydrogens (tertiary/aromatic N) is 1. The Morgan fingerprint density at radius 2 is 2.04 bits per heavy atom. The van der Waals surface area contributed by atoms with Crippen molar-refractivity contribution in [3.63, 3.8) is 0 Å². The van der Waals surface area contributed by atoms with Gasteiger partial charge in [0.15, 0.2) is 11.5 Å². The zero-order valence-corrected chi connectivity index (χ0v) is 12.9. The highest BCUT2D eigenvalue weighted by molar-refractivity contribution is 5.76. The number of hydrogen-bond acceptors (Lipinski definition) is 5. The number of hydrogen-bond donors (Lipinski definition) is 1. The Bertz CT molecular complexity index is 775. The number of fused-ring (bicyclic) bond motifs is 1. The first-order chi connectivity index (χ1) is 11.6. The van der Waals surface area contributed by atoms with E-state index in [1.807, 2.05) is 18.2 Å². The molecule has 2 aromatic carbocycles. The second-order valence-electron chi connectivity index (χ2n) is 5.35. The molecule has 0 saturated carbocycles. The van der Waals surface area contributed by atoms with Gasteiger partial charge in [-0.25, -0.2) is 0 Å². The average Bonchev–Trinajstić information content (AvgIpc) is 3.07. The van der Waals surface area contributed by atoms with Crippen LogP contribution in [0, 0.1) is 10.1 Å². The molecule has 7 nitrogen and oxygen atoms in total. The van der Waals surface area contributed by atoms with E-state index in [0.29, 0.717) is 24.5 Å². The van der Waals surface area contributed by atoms with Gasteiger partial charge in [0.25, 0.3) is 5.69 Å². The highest BCUT2D eigenvalue weighted by Crippen LogP contribution is 2.35. The molecule has 124 valence electrons. The lowest BCUT2D eigenvalue weighted by Crippen LogP contribution is -2.23. The first-order valence-corrected chi connectivity index (χ1v) is 7.51. The van der Waals surface area contributed by atoms with Crippen LogP contribution in [0.1, 0.15) is 17.5 Å². The molecule has 2 aromatic rings. The zero-order valence-electron chi connectivity index (χ0n) is 12.9. The molecule has 0 bridgehead atoms. The lowest BCUT2D eigenvalue weighted by atomic mass is 10.1. The van der Waals surface area contributed by atoms with Gasteiger partial charge in [0.1, 0.15) is 0 Å². The van der Waals surface area contributed by atoms with E-state index in [1.165, 1.54) is 12.1 Å². The number of carbonyl (C=O) groups is 1. The van der Waals surface area contributed by atoms with Crippen LogP contribution in [0.4, 0.5) is 5.69 Å². The van der Waals surface area contributed by atoms with Gasteiger partial charge in [-0.2, -0.15) is 0 Å².